The number of benzene rings is 1. The molecule has 1 aromatic rings. The van der Waals surface area contributed by atoms with Crippen molar-refractivity contribution < 1.29 is 9.47 Å². The molecule has 1 saturated heterocycles. The standard InChI is InChI=1S/C13H17BrO2/c1-10-8-12(2-3-13(10)14)16-9-11-4-6-15-7-5-11/h2-3,8,11H,4-7,9H2,1H3. The Morgan fingerprint density at radius 2 is 2.12 bits per heavy atom. The van der Waals surface area contributed by atoms with E-state index in [1.54, 1.807) is 0 Å². The highest BCUT2D eigenvalue weighted by Crippen LogP contribution is 2.23. The van der Waals surface area contributed by atoms with E-state index in [1.165, 1.54) is 5.56 Å². The van der Waals surface area contributed by atoms with Crippen LogP contribution in [0, 0.1) is 12.8 Å². The monoisotopic (exact) mass is 284 g/mol. The average Bonchev–Trinajstić information content (AvgIpc) is 2.32. The summed E-state index contributed by atoms with van der Waals surface area (Å²) in [5.41, 5.74) is 1.21. The van der Waals surface area contributed by atoms with E-state index in [9.17, 15) is 0 Å². The summed E-state index contributed by atoms with van der Waals surface area (Å²) in [6.07, 6.45) is 2.24. The largest absolute Gasteiger partial charge is 0.493 e. The van der Waals surface area contributed by atoms with Gasteiger partial charge in [-0.2, -0.15) is 0 Å². The molecule has 0 spiro atoms. The number of aryl methyl sites for hydroxylation is 1. The van der Waals surface area contributed by atoms with Gasteiger partial charge in [-0.3, -0.25) is 0 Å². The molecule has 1 aliphatic rings. The Balaban J connectivity index is 1.86. The molecule has 2 nitrogen and oxygen atoms in total. The molecule has 0 atom stereocenters. The zero-order valence-corrected chi connectivity index (χ0v) is 11.1. The van der Waals surface area contributed by atoms with E-state index in [2.05, 4.69) is 28.9 Å². The van der Waals surface area contributed by atoms with Crippen LogP contribution in [0.25, 0.3) is 0 Å². The molecule has 2 rings (SSSR count). The second-order valence-electron chi connectivity index (χ2n) is 4.28. The molecule has 1 heterocycles. The van der Waals surface area contributed by atoms with Crippen LogP contribution in [-0.4, -0.2) is 19.8 Å². The minimum atomic E-state index is 0.651. The third kappa shape index (κ3) is 3.22. The summed E-state index contributed by atoms with van der Waals surface area (Å²) in [6, 6.07) is 6.12. The first-order valence-corrected chi connectivity index (χ1v) is 6.51. The lowest BCUT2D eigenvalue weighted by atomic mass is 10.0. The highest BCUT2D eigenvalue weighted by molar-refractivity contribution is 9.10. The van der Waals surface area contributed by atoms with Crippen molar-refractivity contribution >= 4 is 15.9 Å². The van der Waals surface area contributed by atoms with Gasteiger partial charge in [-0.1, -0.05) is 15.9 Å². The smallest absolute Gasteiger partial charge is 0.119 e. The predicted molar refractivity (Wildman–Crippen MR) is 67.9 cm³/mol. The van der Waals surface area contributed by atoms with E-state index in [0.717, 1.165) is 42.9 Å². The Labute approximate surface area is 105 Å². The van der Waals surface area contributed by atoms with Gasteiger partial charge in [0.05, 0.1) is 6.61 Å². The minimum absolute atomic E-state index is 0.651. The molecular formula is C13H17BrO2. The van der Waals surface area contributed by atoms with Crippen LogP contribution in [0.3, 0.4) is 0 Å². The molecule has 0 unspecified atom stereocenters. The zero-order valence-electron chi connectivity index (χ0n) is 9.54. The lowest BCUT2D eigenvalue weighted by Crippen LogP contribution is -2.21. The number of halogens is 1. The Morgan fingerprint density at radius 3 is 2.81 bits per heavy atom. The van der Waals surface area contributed by atoms with E-state index in [-0.39, 0.29) is 0 Å². The summed E-state index contributed by atoms with van der Waals surface area (Å²) >= 11 is 3.48. The summed E-state index contributed by atoms with van der Waals surface area (Å²) in [7, 11) is 0. The Hall–Kier alpha value is -0.540. The van der Waals surface area contributed by atoms with Crippen LogP contribution in [0.2, 0.25) is 0 Å². The normalized spacial score (nSPS) is 17.4. The first-order chi connectivity index (χ1) is 7.75. The predicted octanol–water partition coefficient (Wildman–Crippen LogP) is 3.56. The van der Waals surface area contributed by atoms with Gasteiger partial charge >= 0.3 is 0 Å². The number of hydrogen-bond donors (Lipinski definition) is 0. The number of ether oxygens (including phenoxy) is 2. The molecule has 0 aromatic heterocycles. The van der Waals surface area contributed by atoms with Crippen LogP contribution in [0.4, 0.5) is 0 Å². The van der Waals surface area contributed by atoms with Gasteiger partial charge in [0.15, 0.2) is 0 Å². The van der Waals surface area contributed by atoms with Crippen molar-refractivity contribution in [3.63, 3.8) is 0 Å². The molecule has 1 fully saturated rings. The van der Waals surface area contributed by atoms with Gasteiger partial charge in [-0.25, -0.2) is 0 Å². The van der Waals surface area contributed by atoms with Crippen molar-refractivity contribution in [1.29, 1.82) is 0 Å². The first-order valence-electron chi connectivity index (χ1n) is 5.72. The fourth-order valence-electron chi connectivity index (χ4n) is 1.83. The molecule has 1 aromatic carbocycles. The van der Waals surface area contributed by atoms with Gasteiger partial charge in [0.1, 0.15) is 5.75 Å². The highest BCUT2D eigenvalue weighted by atomic mass is 79.9. The Bertz CT molecular complexity index is 346. The molecule has 88 valence electrons. The van der Waals surface area contributed by atoms with Crippen molar-refractivity contribution in [1.82, 2.24) is 0 Å². The van der Waals surface area contributed by atoms with E-state index >= 15 is 0 Å². The molecule has 16 heavy (non-hydrogen) atoms. The summed E-state index contributed by atoms with van der Waals surface area (Å²) in [6.45, 7) is 4.65. The third-order valence-electron chi connectivity index (χ3n) is 2.96. The summed E-state index contributed by atoms with van der Waals surface area (Å²) < 4.78 is 12.3. The summed E-state index contributed by atoms with van der Waals surface area (Å²) in [4.78, 5) is 0. The quantitative estimate of drug-likeness (QED) is 0.845. The van der Waals surface area contributed by atoms with Crippen LogP contribution in [-0.2, 0) is 4.74 Å². The Kier molecular flexibility index (Phi) is 4.24. The SMILES string of the molecule is Cc1cc(OCC2CCOCC2)ccc1Br. The fourth-order valence-corrected chi connectivity index (χ4v) is 2.08. The second kappa shape index (κ2) is 5.69. The van der Waals surface area contributed by atoms with Gasteiger partial charge < -0.3 is 9.47 Å². The molecule has 0 aliphatic carbocycles. The molecular weight excluding hydrogens is 268 g/mol. The van der Waals surface area contributed by atoms with Crippen LogP contribution >= 0.6 is 15.9 Å². The molecule has 3 heteroatoms. The summed E-state index contributed by atoms with van der Waals surface area (Å²) in [5.74, 6) is 1.62. The average molecular weight is 285 g/mol. The third-order valence-corrected chi connectivity index (χ3v) is 3.85. The van der Waals surface area contributed by atoms with Gasteiger partial charge in [-0.15, -0.1) is 0 Å². The van der Waals surface area contributed by atoms with E-state index in [1.807, 2.05) is 12.1 Å². The molecule has 0 radical (unpaired) electrons. The maximum atomic E-state index is 5.80. The van der Waals surface area contributed by atoms with E-state index in [0.29, 0.717) is 5.92 Å². The fraction of sp³-hybridized carbons (Fsp3) is 0.538. The van der Waals surface area contributed by atoms with Crippen LogP contribution in [0.15, 0.2) is 22.7 Å². The zero-order chi connectivity index (χ0) is 11.4. The van der Waals surface area contributed by atoms with E-state index < -0.39 is 0 Å². The van der Waals surface area contributed by atoms with Crippen molar-refractivity contribution in [2.24, 2.45) is 5.92 Å². The molecule has 0 N–H and O–H groups in total. The number of rotatable bonds is 3. The lowest BCUT2D eigenvalue weighted by molar-refractivity contribution is 0.0497. The molecule has 0 saturated carbocycles. The van der Waals surface area contributed by atoms with Gasteiger partial charge in [0, 0.05) is 17.7 Å². The van der Waals surface area contributed by atoms with Crippen molar-refractivity contribution in [2.75, 3.05) is 19.8 Å². The van der Waals surface area contributed by atoms with Gasteiger partial charge in [0.25, 0.3) is 0 Å². The van der Waals surface area contributed by atoms with Crippen molar-refractivity contribution in [3.8, 4) is 5.75 Å². The maximum absolute atomic E-state index is 5.80. The summed E-state index contributed by atoms with van der Waals surface area (Å²) in [5, 5.41) is 0. The number of hydrogen-bond acceptors (Lipinski definition) is 2. The van der Waals surface area contributed by atoms with Crippen LogP contribution < -0.4 is 4.74 Å². The minimum Gasteiger partial charge on any atom is -0.493 e. The van der Waals surface area contributed by atoms with Gasteiger partial charge in [-0.05, 0) is 49.4 Å². The Morgan fingerprint density at radius 1 is 1.38 bits per heavy atom. The van der Waals surface area contributed by atoms with Crippen molar-refractivity contribution in [2.45, 2.75) is 19.8 Å². The molecule has 0 bridgehead atoms. The second-order valence-corrected chi connectivity index (χ2v) is 5.13. The van der Waals surface area contributed by atoms with Gasteiger partial charge in [0.2, 0.25) is 0 Å². The first kappa shape index (κ1) is 11.9. The van der Waals surface area contributed by atoms with E-state index in [4.69, 9.17) is 9.47 Å². The topological polar surface area (TPSA) is 18.5 Å². The van der Waals surface area contributed by atoms with Crippen LogP contribution in [0.1, 0.15) is 18.4 Å². The lowest BCUT2D eigenvalue weighted by Gasteiger charge is -2.22. The molecule has 1 aliphatic heterocycles. The molecule has 0 amide bonds. The van der Waals surface area contributed by atoms with Crippen molar-refractivity contribution in [3.05, 3.63) is 28.2 Å². The van der Waals surface area contributed by atoms with Crippen LogP contribution in [0.5, 0.6) is 5.75 Å². The maximum Gasteiger partial charge on any atom is 0.119 e. The highest BCUT2D eigenvalue weighted by Gasteiger charge is 2.14.